The zero-order chi connectivity index (χ0) is 18.2. The van der Waals surface area contributed by atoms with Crippen molar-refractivity contribution in [2.75, 3.05) is 44.8 Å². The van der Waals surface area contributed by atoms with Gasteiger partial charge >= 0.3 is 0 Å². The largest absolute Gasteiger partial charge is 0.378 e. The van der Waals surface area contributed by atoms with Crippen LogP contribution in [0.3, 0.4) is 0 Å². The van der Waals surface area contributed by atoms with Crippen LogP contribution in [-0.2, 0) is 22.6 Å². The molecular formula is C21H27N3O2. The van der Waals surface area contributed by atoms with Crippen molar-refractivity contribution in [1.29, 1.82) is 0 Å². The highest BCUT2D eigenvalue weighted by molar-refractivity contribution is 5.78. The number of ether oxygens (including phenoxy) is 1. The van der Waals surface area contributed by atoms with Crippen LogP contribution in [0.5, 0.6) is 0 Å². The van der Waals surface area contributed by atoms with Gasteiger partial charge in [0.25, 0.3) is 0 Å². The number of carbonyl (C=O) groups is 1. The lowest BCUT2D eigenvalue weighted by molar-refractivity contribution is -0.122. The average molecular weight is 353 g/mol. The summed E-state index contributed by atoms with van der Waals surface area (Å²) in [6.45, 7) is 5.06. The Morgan fingerprint density at radius 1 is 1.08 bits per heavy atom. The standard InChI is InChI=1S/C21H27N3O2/c1-23(17-21(25)22-15-18-7-3-2-4-8-18)16-19-9-5-6-10-20(19)24-11-13-26-14-12-24/h2-10H,11-17H2,1H3,(H,22,25). The molecule has 0 saturated carbocycles. The normalized spacial score (nSPS) is 14.5. The topological polar surface area (TPSA) is 44.8 Å². The molecule has 0 bridgehead atoms. The predicted molar refractivity (Wildman–Crippen MR) is 104 cm³/mol. The van der Waals surface area contributed by atoms with Gasteiger partial charge in [-0.15, -0.1) is 0 Å². The van der Waals surface area contributed by atoms with Gasteiger partial charge in [0.15, 0.2) is 0 Å². The maximum absolute atomic E-state index is 12.2. The highest BCUT2D eigenvalue weighted by Crippen LogP contribution is 2.22. The van der Waals surface area contributed by atoms with Gasteiger partial charge in [-0.05, 0) is 24.2 Å². The van der Waals surface area contributed by atoms with E-state index in [4.69, 9.17) is 4.74 Å². The molecule has 0 atom stereocenters. The van der Waals surface area contributed by atoms with Crippen molar-refractivity contribution < 1.29 is 9.53 Å². The number of amides is 1. The molecule has 1 fully saturated rings. The van der Waals surface area contributed by atoms with Gasteiger partial charge < -0.3 is 15.0 Å². The fourth-order valence-corrected chi connectivity index (χ4v) is 3.20. The van der Waals surface area contributed by atoms with E-state index in [0.29, 0.717) is 13.1 Å². The first-order chi connectivity index (χ1) is 12.7. The fraction of sp³-hybridized carbons (Fsp3) is 0.381. The summed E-state index contributed by atoms with van der Waals surface area (Å²) in [5.41, 5.74) is 3.60. The van der Waals surface area contributed by atoms with Crippen LogP contribution in [0.15, 0.2) is 54.6 Å². The number of nitrogens with zero attached hydrogens (tertiary/aromatic N) is 2. The molecule has 138 valence electrons. The molecule has 0 spiro atoms. The number of hydrogen-bond acceptors (Lipinski definition) is 4. The SMILES string of the molecule is CN(CC(=O)NCc1ccccc1)Cc1ccccc1N1CCOCC1. The van der Waals surface area contributed by atoms with Gasteiger partial charge in [0, 0.05) is 31.9 Å². The lowest BCUT2D eigenvalue weighted by Gasteiger charge is -2.31. The molecule has 0 radical (unpaired) electrons. The lowest BCUT2D eigenvalue weighted by Crippen LogP contribution is -2.38. The van der Waals surface area contributed by atoms with Crippen LogP contribution >= 0.6 is 0 Å². The third kappa shape index (κ3) is 5.31. The molecule has 1 saturated heterocycles. The minimum Gasteiger partial charge on any atom is -0.378 e. The van der Waals surface area contributed by atoms with Crippen LogP contribution in [0.1, 0.15) is 11.1 Å². The fourth-order valence-electron chi connectivity index (χ4n) is 3.20. The Morgan fingerprint density at radius 2 is 1.77 bits per heavy atom. The van der Waals surface area contributed by atoms with E-state index in [1.54, 1.807) is 0 Å². The van der Waals surface area contributed by atoms with Crippen LogP contribution in [0.4, 0.5) is 5.69 Å². The Balaban J connectivity index is 1.53. The van der Waals surface area contributed by atoms with Gasteiger partial charge in [0.2, 0.25) is 5.91 Å². The van der Waals surface area contributed by atoms with Crippen LogP contribution in [0.25, 0.3) is 0 Å². The number of para-hydroxylation sites is 1. The molecule has 2 aromatic rings. The molecule has 1 aliphatic heterocycles. The Kier molecular flexibility index (Phi) is 6.63. The first-order valence-electron chi connectivity index (χ1n) is 9.12. The summed E-state index contributed by atoms with van der Waals surface area (Å²) >= 11 is 0. The summed E-state index contributed by atoms with van der Waals surface area (Å²) in [6.07, 6.45) is 0. The zero-order valence-electron chi connectivity index (χ0n) is 15.4. The number of anilines is 1. The van der Waals surface area contributed by atoms with Crippen molar-refractivity contribution in [2.45, 2.75) is 13.1 Å². The lowest BCUT2D eigenvalue weighted by atomic mass is 10.1. The molecule has 5 heteroatoms. The van der Waals surface area contributed by atoms with Crippen molar-refractivity contribution in [3.63, 3.8) is 0 Å². The highest BCUT2D eigenvalue weighted by Gasteiger charge is 2.16. The number of benzene rings is 2. The number of nitrogens with one attached hydrogen (secondary N) is 1. The summed E-state index contributed by atoms with van der Waals surface area (Å²) < 4.78 is 5.45. The summed E-state index contributed by atoms with van der Waals surface area (Å²) in [4.78, 5) is 16.6. The van der Waals surface area contributed by atoms with E-state index in [1.807, 2.05) is 37.4 Å². The van der Waals surface area contributed by atoms with Gasteiger partial charge in [-0.1, -0.05) is 48.5 Å². The Bertz CT molecular complexity index is 699. The summed E-state index contributed by atoms with van der Waals surface area (Å²) in [5, 5.41) is 2.99. The van der Waals surface area contributed by atoms with Gasteiger partial charge in [-0.2, -0.15) is 0 Å². The molecule has 3 rings (SSSR count). The molecule has 26 heavy (non-hydrogen) atoms. The van der Waals surface area contributed by atoms with E-state index >= 15 is 0 Å². The molecular weight excluding hydrogens is 326 g/mol. The first kappa shape index (κ1) is 18.4. The number of likely N-dealkylation sites (N-methyl/N-ethyl adjacent to an activating group) is 1. The van der Waals surface area contributed by atoms with E-state index in [-0.39, 0.29) is 5.91 Å². The second kappa shape index (κ2) is 9.36. The predicted octanol–water partition coefficient (Wildman–Crippen LogP) is 2.27. The van der Waals surface area contributed by atoms with Gasteiger partial charge in [-0.3, -0.25) is 9.69 Å². The monoisotopic (exact) mass is 353 g/mol. The molecule has 1 N–H and O–H groups in total. The van der Waals surface area contributed by atoms with Crippen molar-refractivity contribution in [3.8, 4) is 0 Å². The Labute approximate surface area is 155 Å². The number of carbonyl (C=O) groups excluding carboxylic acids is 1. The molecule has 0 unspecified atom stereocenters. The van der Waals surface area contributed by atoms with Crippen LogP contribution in [0.2, 0.25) is 0 Å². The zero-order valence-corrected chi connectivity index (χ0v) is 15.4. The molecule has 1 amide bonds. The second-order valence-corrected chi connectivity index (χ2v) is 6.66. The van der Waals surface area contributed by atoms with E-state index in [2.05, 4.69) is 39.4 Å². The average Bonchev–Trinajstić information content (AvgIpc) is 2.68. The highest BCUT2D eigenvalue weighted by atomic mass is 16.5. The molecule has 1 aliphatic rings. The van der Waals surface area contributed by atoms with E-state index in [1.165, 1.54) is 11.3 Å². The maximum Gasteiger partial charge on any atom is 0.234 e. The minimum atomic E-state index is 0.0419. The van der Waals surface area contributed by atoms with Crippen LogP contribution in [-0.4, -0.2) is 50.7 Å². The molecule has 5 nitrogen and oxygen atoms in total. The summed E-state index contributed by atoms with van der Waals surface area (Å²) in [7, 11) is 1.98. The van der Waals surface area contributed by atoms with Crippen molar-refractivity contribution in [2.24, 2.45) is 0 Å². The van der Waals surface area contributed by atoms with Crippen molar-refractivity contribution in [1.82, 2.24) is 10.2 Å². The number of rotatable bonds is 7. The van der Waals surface area contributed by atoms with Gasteiger partial charge in [-0.25, -0.2) is 0 Å². The van der Waals surface area contributed by atoms with Gasteiger partial charge in [0.05, 0.1) is 19.8 Å². The number of morpholine rings is 1. The maximum atomic E-state index is 12.2. The summed E-state index contributed by atoms with van der Waals surface area (Å²) in [5.74, 6) is 0.0419. The van der Waals surface area contributed by atoms with Crippen LogP contribution < -0.4 is 10.2 Å². The Hall–Kier alpha value is -2.37. The molecule has 0 aromatic heterocycles. The van der Waals surface area contributed by atoms with Crippen molar-refractivity contribution in [3.05, 3.63) is 65.7 Å². The molecule has 0 aliphatic carbocycles. The van der Waals surface area contributed by atoms with Crippen LogP contribution in [0, 0.1) is 0 Å². The minimum absolute atomic E-state index is 0.0419. The summed E-state index contributed by atoms with van der Waals surface area (Å²) in [6, 6.07) is 18.4. The first-order valence-corrected chi connectivity index (χ1v) is 9.12. The molecule has 2 aromatic carbocycles. The molecule has 1 heterocycles. The quantitative estimate of drug-likeness (QED) is 0.829. The van der Waals surface area contributed by atoms with Crippen molar-refractivity contribution >= 4 is 11.6 Å². The van der Waals surface area contributed by atoms with E-state index in [0.717, 1.165) is 38.4 Å². The third-order valence-corrected chi connectivity index (χ3v) is 4.53. The van der Waals surface area contributed by atoms with Gasteiger partial charge in [0.1, 0.15) is 0 Å². The second-order valence-electron chi connectivity index (χ2n) is 6.66. The third-order valence-electron chi connectivity index (χ3n) is 4.53. The number of hydrogen-bond donors (Lipinski definition) is 1. The smallest absolute Gasteiger partial charge is 0.234 e. The Morgan fingerprint density at radius 3 is 2.54 bits per heavy atom. The van der Waals surface area contributed by atoms with E-state index in [9.17, 15) is 4.79 Å². The van der Waals surface area contributed by atoms with E-state index < -0.39 is 0 Å².